The number of benzene rings is 1. The lowest BCUT2D eigenvalue weighted by atomic mass is 9.91. The minimum absolute atomic E-state index is 0.0503. The molecule has 0 saturated carbocycles. The molecule has 0 aliphatic carbocycles. The van der Waals surface area contributed by atoms with Gasteiger partial charge in [0, 0.05) is 56.8 Å². The molecule has 6 heterocycles. The molecule has 2 aromatic heterocycles. The summed E-state index contributed by atoms with van der Waals surface area (Å²) in [5, 5.41) is 14.9. The number of rotatable bonds is 6. The summed E-state index contributed by atoms with van der Waals surface area (Å²) in [6.45, 7) is 8.78. The third-order valence-corrected chi connectivity index (χ3v) is 10.1. The number of halogens is 4. The predicted octanol–water partition coefficient (Wildman–Crippen LogP) is 5.01. The second-order valence-electron chi connectivity index (χ2n) is 13.9. The largest absolute Gasteiger partial charge is 0.505 e. The molecule has 0 radical (unpaired) electrons. The van der Waals surface area contributed by atoms with E-state index in [2.05, 4.69) is 28.4 Å². The Kier molecular flexibility index (Phi) is 8.95. The number of amides is 1. The first-order chi connectivity index (χ1) is 24.3. The van der Waals surface area contributed by atoms with Gasteiger partial charge in [-0.05, 0) is 51.3 Å². The zero-order valence-corrected chi connectivity index (χ0v) is 28.7. The van der Waals surface area contributed by atoms with Crippen LogP contribution in [0, 0.1) is 17.7 Å². The predicted molar refractivity (Wildman–Crippen MR) is 178 cm³/mol. The van der Waals surface area contributed by atoms with Crippen molar-refractivity contribution in [2.24, 2.45) is 0 Å². The van der Waals surface area contributed by atoms with Crippen LogP contribution in [0.5, 0.6) is 11.8 Å². The highest BCUT2D eigenvalue weighted by Gasteiger charge is 2.47. The quantitative estimate of drug-likeness (QED) is 0.215. The summed E-state index contributed by atoms with van der Waals surface area (Å²) in [7, 11) is 3.32. The molecule has 15 heteroatoms. The van der Waals surface area contributed by atoms with E-state index in [1.165, 1.54) is 11.8 Å². The highest BCUT2D eigenvalue weighted by molar-refractivity contribution is 5.92. The van der Waals surface area contributed by atoms with Crippen molar-refractivity contribution in [3.8, 4) is 23.6 Å². The molecule has 4 aliphatic heterocycles. The van der Waals surface area contributed by atoms with E-state index in [-0.39, 0.29) is 30.5 Å². The van der Waals surface area contributed by atoms with Crippen LogP contribution in [0.4, 0.5) is 23.4 Å². The molecule has 0 spiro atoms. The number of phenols is 1. The normalized spacial score (nSPS) is 21.7. The van der Waals surface area contributed by atoms with E-state index < -0.39 is 40.5 Å². The molecule has 2 fully saturated rings. The summed E-state index contributed by atoms with van der Waals surface area (Å²) in [6.07, 6.45) is -3.29. The number of hydrogen-bond donors (Lipinski definition) is 1. The van der Waals surface area contributed by atoms with Gasteiger partial charge in [0.2, 0.25) is 0 Å². The topological polar surface area (TPSA) is 109 Å². The molecule has 270 valence electrons. The van der Waals surface area contributed by atoms with Gasteiger partial charge in [0.25, 0.3) is 5.91 Å². The van der Waals surface area contributed by atoms with Gasteiger partial charge in [0.05, 0.1) is 41.7 Å². The number of phenolic OH excluding ortho intramolecular Hbond substituents is 1. The average Bonchev–Trinajstić information content (AvgIpc) is 3.70. The molecule has 0 bridgehead atoms. The van der Waals surface area contributed by atoms with Gasteiger partial charge in [-0.15, -0.1) is 5.92 Å². The van der Waals surface area contributed by atoms with Gasteiger partial charge in [-0.25, -0.2) is 4.39 Å². The summed E-state index contributed by atoms with van der Waals surface area (Å²) in [4.78, 5) is 28.1. The molecule has 1 amide bonds. The van der Waals surface area contributed by atoms with Gasteiger partial charge in [-0.2, -0.15) is 28.2 Å². The Balaban J connectivity index is 1.29. The summed E-state index contributed by atoms with van der Waals surface area (Å²) in [6, 6.07) is 2.49. The van der Waals surface area contributed by atoms with Gasteiger partial charge in [0.1, 0.15) is 12.4 Å². The number of alkyl halides is 3. The van der Waals surface area contributed by atoms with Crippen molar-refractivity contribution in [2.45, 2.75) is 76.5 Å². The van der Waals surface area contributed by atoms with Crippen molar-refractivity contribution >= 4 is 11.7 Å². The van der Waals surface area contributed by atoms with Gasteiger partial charge >= 0.3 is 12.2 Å². The molecule has 1 aromatic carbocycles. The van der Waals surface area contributed by atoms with Crippen LogP contribution in [0.15, 0.2) is 24.3 Å². The smallest absolute Gasteiger partial charge is 0.418 e. The van der Waals surface area contributed by atoms with Crippen molar-refractivity contribution in [3.63, 3.8) is 0 Å². The Morgan fingerprint density at radius 1 is 1.20 bits per heavy atom. The Bertz CT molecular complexity index is 1970. The third kappa shape index (κ3) is 6.40. The number of nitrogens with zero attached hydrogens (tertiary/aromatic N) is 7. The van der Waals surface area contributed by atoms with Crippen LogP contribution in [0.3, 0.4) is 0 Å². The number of ether oxygens (including phenoxy) is 2. The van der Waals surface area contributed by atoms with Crippen LogP contribution >= 0.6 is 0 Å². The molecule has 1 N–H and O–H groups in total. The van der Waals surface area contributed by atoms with Crippen molar-refractivity contribution in [1.29, 1.82) is 0 Å². The van der Waals surface area contributed by atoms with Gasteiger partial charge in [-0.1, -0.05) is 18.1 Å². The molecule has 2 atom stereocenters. The standard InChI is InChI=1S/C36H39F4N7O4/c1-5-8-22-13-27(48)31(37)29(30(22)36(38,39)40)28-15-25-24(19-50-28)32(42-34(41-25)51-20-35-9-6-11-46(35)17-21(2)16-35)45-10-7-12-47-23(18-45)14-26(43-47)33(49)44(3)4/h13-14,28,48H,2,6-7,9-12,15-20H2,1,3-4H3/t28-,35-/m1/s1. The van der Waals surface area contributed by atoms with Gasteiger partial charge in [0.15, 0.2) is 17.3 Å². The number of aryl methyl sites for hydroxylation is 1. The maximum Gasteiger partial charge on any atom is 0.418 e. The average molecular weight is 710 g/mol. The minimum atomic E-state index is -4.99. The maximum atomic E-state index is 15.6. The number of carbonyl (C=O) groups excluding carboxylic acids is 1. The van der Waals surface area contributed by atoms with Crippen LogP contribution in [0.2, 0.25) is 0 Å². The lowest BCUT2D eigenvalue weighted by Crippen LogP contribution is -2.43. The number of aromatic hydroxyl groups is 1. The first kappa shape index (κ1) is 34.8. The lowest BCUT2D eigenvalue weighted by Gasteiger charge is -2.33. The van der Waals surface area contributed by atoms with Crippen LogP contribution in [-0.2, 0) is 37.0 Å². The molecular formula is C36H39F4N7O4. The third-order valence-electron chi connectivity index (χ3n) is 10.1. The lowest BCUT2D eigenvalue weighted by molar-refractivity contribution is -0.140. The van der Waals surface area contributed by atoms with Crippen LogP contribution in [0.25, 0.3) is 0 Å². The van der Waals surface area contributed by atoms with E-state index in [4.69, 9.17) is 19.4 Å². The number of carbonyl (C=O) groups is 1. The van der Waals surface area contributed by atoms with E-state index in [1.807, 2.05) is 4.90 Å². The second kappa shape index (κ2) is 13.1. The van der Waals surface area contributed by atoms with Crippen LogP contribution in [-0.4, -0.2) is 86.4 Å². The number of aromatic nitrogens is 4. The van der Waals surface area contributed by atoms with Crippen LogP contribution < -0.4 is 9.64 Å². The fourth-order valence-electron chi connectivity index (χ4n) is 7.87. The number of anilines is 1. The zero-order chi connectivity index (χ0) is 36.2. The molecule has 11 nitrogen and oxygen atoms in total. The first-order valence-corrected chi connectivity index (χ1v) is 16.9. The molecular weight excluding hydrogens is 670 g/mol. The zero-order valence-electron chi connectivity index (χ0n) is 28.7. The molecule has 2 saturated heterocycles. The monoisotopic (exact) mass is 709 g/mol. The Hall–Kier alpha value is -4.68. The molecule has 0 unspecified atom stereocenters. The first-order valence-electron chi connectivity index (χ1n) is 16.9. The van der Waals surface area contributed by atoms with E-state index >= 15 is 4.39 Å². The number of hydrogen-bond acceptors (Lipinski definition) is 9. The maximum absolute atomic E-state index is 15.6. The summed E-state index contributed by atoms with van der Waals surface area (Å²) in [5.41, 5.74) is 0.204. The van der Waals surface area contributed by atoms with Gasteiger partial charge in [-0.3, -0.25) is 14.4 Å². The second-order valence-corrected chi connectivity index (χ2v) is 13.9. The van der Waals surface area contributed by atoms with Crippen LogP contribution in [0.1, 0.15) is 82.8 Å². The Morgan fingerprint density at radius 2 is 2.00 bits per heavy atom. The highest BCUT2D eigenvalue weighted by atomic mass is 19.4. The Morgan fingerprint density at radius 3 is 2.75 bits per heavy atom. The summed E-state index contributed by atoms with van der Waals surface area (Å²) in [5.74, 6) is 2.65. The number of fused-ring (bicyclic) bond motifs is 3. The van der Waals surface area contributed by atoms with Crippen molar-refractivity contribution in [1.82, 2.24) is 29.5 Å². The van der Waals surface area contributed by atoms with Crippen molar-refractivity contribution < 1.29 is 36.9 Å². The van der Waals surface area contributed by atoms with Crippen molar-refractivity contribution in [3.05, 3.63) is 69.4 Å². The molecule has 4 aliphatic rings. The summed E-state index contributed by atoms with van der Waals surface area (Å²) >= 11 is 0. The van der Waals surface area contributed by atoms with Crippen molar-refractivity contribution in [2.75, 3.05) is 45.2 Å². The fourth-order valence-corrected chi connectivity index (χ4v) is 7.87. The van der Waals surface area contributed by atoms with Gasteiger partial charge < -0.3 is 24.4 Å². The SMILES string of the molecule is C=C1CN2CCC[C@]2(COc2nc3c(c(N4CCCn5nc(C(=O)N(C)C)cc5C4)n2)CO[C@@H](c2c(F)c(O)cc(C#CC)c2C(F)(F)F)C3)C1. The fraction of sp³-hybridized carbons (Fsp3) is 0.500. The van der Waals surface area contributed by atoms with E-state index in [0.717, 1.165) is 43.6 Å². The minimum Gasteiger partial charge on any atom is -0.505 e. The van der Waals surface area contributed by atoms with E-state index in [9.17, 15) is 23.1 Å². The molecule has 51 heavy (non-hydrogen) atoms. The summed E-state index contributed by atoms with van der Waals surface area (Å²) < 4.78 is 73.4. The molecule has 7 rings (SSSR count). The Labute approximate surface area is 292 Å². The van der Waals surface area contributed by atoms with E-state index in [1.54, 1.807) is 24.8 Å². The molecule has 3 aromatic rings. The highest BCUT2D eigenvalue weighted by Crippen LogP contribution is 2.46. The van der Waals surface area contributed by atoms with E-state index in [0.29, 0.717) is 61.5 Å².